The van der Waals surface area contributed by atoms with E-state index in [1.807, 2.05) is 140 Å². The van der Waals surface area contributed by atoms with Crippen LogP contribution in [0.1, 0.15) is 8.22 Å². The normalized spacial score (nSPS) is 13.1. The van der Waals surface area contributed by atoms with Crippen LogP contribution in [0.4, 0.5) is 0 Å². The highest BCUT2D eigenvalue weighted by atomic mass is 32.1. The lowest BCUT2D eigenvalue weighted by molar-refractivity contribution is 0.670. The van der Waals surface area contributed by atoms with Crippen LogP contribution in [0.5, 0.6) is 0 Å². The summed E-state index contributed by atoms with van der Waals surface area (Å²) in [4.78, 5) is 14.7. The highest BCUT2D eigenvalue weighted by Gasteiger charge is 2.18. The number of fused-ring (bicyclic) bond motifs is 6. The smallest absolute Gasteiger partial charge is 0.164 e. The Balaban J connectivity index is 1.13. The Morgan fingerprint density at radius 3 is 1.82 bits per heavy atom. The van der Waals surface area contributed by atoms with E-state index >= 15 is 0 Å². The maximum Gasteiger partial charge on any atom is 0.164 e. The SMILES string of the molecule is [2H]c1c([2H])c([2H])c2c(oc3c([2H])c(-c4nc(-c5ccc(-c6ccccc6)cc5)nc(-c5cccc(-c6ccccc6)c5)n4)c([2H])c([2H])c32)c1-c1ccc2c(c1)sc1ccccc12. The minimum absolute atomic E-state index is 0.0111. The average molecular weight is 740 g/mol. The molecule has 0 atom stereocenters. The van der Waals surface area contributed by atoms with Gasteiger partial charge in [0, 0.05) is 53.2 Å². The molecule has 11 rings (SSSR count). The molecule has 0 amide bonds. The van der Waals surface area contributed by atoms with Crippen LogP contribution in [-0.2, 0) is 0 Å². The molecule has 0 aliphatic rings. The molecule has 0 unspecified atom stereocenters. The van der Waals surface area contributed by atoms with Gasteiger partial charge < -0.3 is 4.42 Å². The highest BCUT2D eigenvalue weighted by Crippen LogP contribution is 2.41. The zero-order valence-electron chi connectivity index (χ0n) is 35.6. The predicted molar refractivity (Wildman–Crippen MR) is 233 cm³/mol. The number of furan rings is 1. The number of para-hydroxylation sites is 1. The average Bonchev–Trinajstić information content (AvgIpc) is 3.90. The van der Waals surface area contributed by atoms with Gasteiger partial charge in [0.2, 0.25) is 0 Å². The van der Waals surface area contributed by atoms with E-state index in [0.717, 1.165) is 42.4 Å². The lowest BCUT2D eigenvalue weighted by atomic mass is 10.0. The molecule has 0 fully saturated rings. The van der Waals surface area contributed by atoms with Gasteiger partial charge >= 0.3 is 0 Å². The third kappa shape index (κ3) is 5.65. The summed E-state index contributed by atoms with van der Waals surface area (Å²) in [5.74, 6) is 0.641. The van der Waals surface area contributed by atoms with E-state index in [9.17, 15) is 4.11 Å². The molecule has 0 spiro atoms. The van der Waals surface area contributed by atoms with E-state index in [1.54, 1.807) is 11.3 Å². The maximum absolute atomic E-state index is 9.64. The summed E-state index contributed by atoms with van der Waals surface area (Å²) < 4.78 is 64.1. The Hall–Kier alpha value is -7.21. The summed E-state index contributed by atoms with van der Waals surface area (Å²) in [6, 6.07) is 47.9. The Morgan fingerprint density at radius 2 is 1.02 bits per heavy atom. The lowest BCUT2D eigenvalue weighted by Crippen LogP contribution is -2.00. The van der Waals surface area contributed by atoms with E-state index in [1.165, 1.54) is 0 Å². The molecule has 3 heterocycles. The van der Waals surface area contributed by atoms with Gasteiger partial charge in [-0.2, -0.15) is 0 Å². The zero-order chi connectivity index (χ0) is 42.2. The summed E-state index contributed by atoms with van der Waals surface area (Å²) in [5, 5.41) is 2.35. The van der Waals surface area contributed by atoms with E-state index in [4.69, 9.17) is 23.5 Å². The second-order valence-electron chi connectivity index (χ2n) is 13.5. The van der Waals surface area contributed by atoms with Crippen molar-refractivity contribution in [3.63, 3.8) is 0 Å². The van der Waals surface area contributed by atoms with Crippen molar-refractivity contribution in [3.8, 4) is 67.5 Å². The van der Waals surface area contributed by atoms with Crippen LogP contribution >= 0.6 is 11.3 Å². The Bertz CT molecular complexity index is 3590. The van der Waals surface area contributed by atoms with Crippen molar-refractivity contribution in [1.29, 1.82) is 0 Å². The molecule has 262 valence electrons. The standard InChI is InChI=1S/C51H31N3OS/c1-3-11-32(12-4-1)34-21-23-35(24-22-34)49-52-50(38-16-9-15-36(29-38)33-13-5-2-6-14-33)54-51(53-49)39-26-27-41-44-19-10-18-40(48(44)55-45(41)30-39)37-25-28-43-42-17-7-8-20-46(42)56-47(43)31-37/h1-31H/i10D,18D,19D,26D,27D,30D. The van der Waals surface area contributed by atoms with E-state index in [-0.39, 0.29) is 75.1 Å². The van der Waals surface area contributed by atoms with Gasteiger partial charge in [-0.05, 0) is 58.1 Å². The molecule has 56 heavy (non-hydrogen) atoms. The molecule has 0 aliphatic carbocycles. The lowest BCUT2D eigenvalue weighted by Gasteiger charge is -2.10. The quantitative estimate of drug-likeness (QED) is 0.170. The van der Waals surface area contributed by atoms with Crippen molar-refractivity contribution in [2.45, 2.75) is 0 Å². The van der Waals surface area contributed by atoms with Gasteiger partial charge in [0.25, 0.3) is 0 Å². The van der Waals surface area contributed by atoms with Gasteiger partial charge in [-0.1, -0.05) is 158 Å². The Morgan fingerprint density at radius 1 is 0.411 bits per heavy atom. The molecule has 0 radical (unpaired) electrons. The van der Waals surface area contributed by atoms with Crippen LogP contribution in [0, 0.1) is 0 Å². The van der Waals surface area contributed by atoms with Crippen LogP contribution in [0.15, 0.2) is 192 Å². The molecular formula is C51H31N3OS. The van der Waals surface area contributed by atoms with Crippen LogP contribution in [0.2, 0.25) is 0 Å². The van der Waals surface area contributed by atoms with Crippen LogP contribution in [-0.4, -0.2) is 15.0 Å². The molecule has 5 heteroatoms. The van der Waals surface area contributed by atoms with Crippen LogP contribution < -0.4 is 0 Å². The largest absolute Gasteiger partial charge is 0.455 e. The second-order valence-corrected chi connectivity index (χ2v) is 14.6. The number of rotatable bonds is 6. The number of nitrogens with zero attached hydrogens (tertiary/aromatic N) is 3. The number of aromatic nitrogens is 3. The van der Waals surface area contributed by atoms with Crippen molar-refractivity contribution < 1.29 is 12.6 Å². The molecular weight excluding hydrogens is 703 g/mol. The first-order valence-electron chi connectivity index (χ1n) is 21.2. The van der Waals surface area contributed by atoms with Crippen molar-refractivity contribution >= 4 is 53.4 Å². The van der Waals surface area contributed by atoms with E-state index in [0.29, 0.717) is 28.3 Å². The number of benzene rings is 8. The fraction of sp³-hybridized carbons (Fsp3) is 0. The van der Waals surface area contributed by atoms with Gasteiger partial charge in [0.1, 0.15) is 11.2 Å². The first-order valence-corrected chi connectivity index (χ1v) is 19.0. The van der Waals surface area contributed by atoms with Crippen molar-refractivity contribution in [2.24, 2.45) is 0 Å². The molecule has 0 saturated heterocycles. The molecule has 0 bridgehead atoms. The topological polar surface area (TPSA) is 51.8 Å². The molecule has 11 aromatic rings. The third-order valence-corrected chi connectivity index (χ3v) is 11.2. The summed E-state index contributed by atoms with van der Waals surface area (Å²) in [7, 11) is 0. The molecule has 3 aromatic heterocycles. The molecule has 0 saturated carbocycles. The fourth-order valence-corrected chi connectivity index (χ4v) is 8.42. The first-order chi connectivity index (χ1) is 30.2. The predicted octanol–water partition coefficient (Wildman–Crippen LogP) is 14.1. The van der Waals surface area contributed by atoms with Gasteiger partial charge in [-0.15, -0.1) is 11.3 Å². The van der Waals surface area contributed by atoms with Gasteiger partial charge in [-0.25, -0.2) is 15.0 Å². The minimum Gasteiger partial charge on any atom is -0.455 e. The summed E-state index contributed by atoms with van der Waals surface area (Å²) >= 11 is 1.62. The molecule has 0 aliphatic heterocycles. The Kier molecular flexibility index (Phi) is 6.29. The van der Waals surface area contributed by atoms with Gasteiger partial charge in [-0.3, -0.25) is 0 Å². The fourth-order valence-electron chi connectivity index (χ4n) is 7.27. The highest BCUT2D eigenvalue weighted by molar-refractivity contribution is 7.25. The second kappa shape index (κ2) is 13.3. The molecule has 0 N–H and O–H groups in total. The van der Waals surface area contributed by atoms with Gasteiger partial charge in [0.15, 0.2) is 17.5 Å². The monoisotopic (exact) mass is 739 g/mol. The summed E-state index contributed by atoms with van der Waals surface area (Å²) in [6.45, 7) is 0. The number of thiophene rings is 1. The first kappa shape index (κ1) is 26.5. The zero-order valence-corrected chi connectivity index (χ0v) is 30.4. The van der Waals surface area contributed by atoms with E-state index in [2.05, 4.69) is 12.1 Å². The van der Waals surface area contributed by atoms with Crippen molar-refractivity contribution in [3.05, 3.63) is 188 Å². The maximum atomic E-state index is 9.64. The van der Waals surface area contributed by atoms with Crippen LogP contribution in [0.25, 0.3) is 110 Å². The van der Waals surface area contributed by atoms with Gasteiger partial charge in [0.05, 0.1) is 8.22 Å². The van der Waals surface area contributed by atoms with E-state index < -0.39 is 0 Å². The summed E-state index contributed by atoms with van der Waals surface area (Å²) in [5.41, 5.74) is 6.33. The summed E-state index contributed by atoms with van der Waals surface area (Å²) in [6.07, 6.45) is 0. The van der Waals surface area contributed by atoms with Crippen molar-refractivity contribution in [1.82, 2.24) is 15.0 Å². The number of hydrogen-bond donors (Lipinski definition) is 0. The Labute approximate surface area is 335 Å². The minimum atomic E-state index is -0.337. The molecule has 4 nitrogen and oxygen atoms in total. The third-order valence-electron chi connectivity index (χ3n) is 10.1. The van der Waals surface area contributed by atoms with Crippen LogP contribution in [0.3, 0.4) is 0 Å². The molecule has 8 aromatic carbocycles. The van der Waals surface area contributed by atoms with Crippen molar-refractivity contribution in [2.75, 3.05) is 0 Å². The number of hydrogen-bond acceptors (Lipinski definition) is 5.